The van der Waals surface area contributed by atoms with Crippen LogP contribution in [0.1, 0.15) is 58.3 Å². The molecule has 1 aliphatic carbocycles. The van der Waals surface area contributed by atoms with E-state index >= 15 is 0 Å². The van der Waals surface area contributed by atoms with E-state index in [0.717, 1.165) is 38.6 Å². The molecule has 3 N–H and O–H groups in total. The fraction of sp³-hybridized carbons (Fsp3) is 0.923. The Morgan fingerprint density at radius 1 is 1.18 bits per heavy atom. The summed E-state index contributed by atoms with van der Waals surface area (Å²) in [5.41, 5.74) is -0.653. The molecule has 0 unspecified atom stereocenters. The normalized spacial score (nSPS) is 18.0. The van der Waals surface area contributed by atoms with Gasteiger partial charge in [-0.15, -0.1) is 0 Å². The third-order valence-electron chi connectivity index (χ3n) is 3.43. The first-order valence-corrected chi connectivity index (χ1v) is 6.90. The van der Waals surface area contributed by atoms with Crippen molar-refractivity contribution in [3.05, 3.63) is 0 Å². The van der Waals surface area contributed by atoms with Gasteiger partial charge in [-0.05, 0) is 19.3 Å². The van der Waals surface area contributed by atoms with E-state index in [1.807, 2.05) is 0 Å². The van der Waals surface area contributed by atoms with E-state index in [9.17, 15) is 9.90 Å². The van der Waals surface area contributed by atoms with Crippen LogP contribution < -0.4 is 10.6 Å². The number of unbranched alkanes of at least 4 members (excludes halogenated alkanes) is 3. The van der Waals surface area contributed by atoms with Gasteiger partial charge in [-0.3, -0.25) is 0 Å². The largest absolute Gasteiger partial charge is 0.388 e. The van der Waals surface area contributed by atoms with Crippen LogP contribution in [0, 0.1) is 0 Å². The maximum atomic E-state index is 11.4. The second kappa shape index (κ2) is 7.54. The van der Waals surface area contributed by atoms with Crippen LogP contribution >= 0.6 is 0 Å². The van der Waals surface area contributed by atoms with Gasteiger partial charge in [0.05, 0.1) is 5.60 Å². The lowest BCUT2D eigenvalue weighted by molar-refractivity contribution is 0.0501. The van der Waals surface area contributed by atoms with Crippen LogP contribution in [0.3, 0.4) is 0 Å². The van der Waals surface area contributed by atoms with Gasteiger partial charge >= 0.3 is 6.03 Å². The van der Waals surface area contributed by atoms with Crippen LogP contribution in [0.2, 0.25) is 0 Å². The van der Waals surface area contributed by atoms with Gasteiger partial charge in [0.25, 0.3) is 0 Å². The van der Waals surface area contributed by atoms with Crippen molar-refractivity contribution >= 4 is 6.03 Å². The molecule has 2 amide bonds. The highest BCUT2D eigenvalue weighted by Gasteiger charge is 2.31. The van der Waals surface area contributed by atoms with Crippen LogP contribution in [-0.2, 0) is 0 Å². The van der Waals surface area contributed by atoms with Crippen molar-refractivity contribution in [2.45, 2.75) is 63.9 Å². The number of hydrogen-bond donors (Lipinski definition) is 3. The molecule has 4 heteroatoms. The summed E-state index contributed by atoms with van der Waals surface area (Å²) in [7, 11) is 0. The average Bonchev–Trinajstić information content (AvgIpc) is 2.74. The van der Waals surface area contributed by atoms with Gasteiger partial charge in [-0.25, -0.2) is 4.79 Å². The number of rotatable bonds is 7. The minimum absolute atomic E-state index is 0.151. The molecule has 4 nitrogen and oxygen atoms in total. The van der Waals surface area contributed by atoms with Gasteiger partial charge in [0.15, 0.2) is 0 Å². The molecule has 1 saturated carbocycles. The van der Waals surface area contributed by atoms with E-state index in [4.69, 9.17) is 0 Å². The quantitative estimate of drug-likeness (QED) is 0.599. The number of carbonyl (C=O) groups is 1. The van der Waals surface area contributed by atoms with E-state index in [1.165, 1.54) is 19.3 Å². The Morgan fingerprint density at radius 3 is 2.53 bits per heavy atom. The highest BCUT2D eigenvalue weighted by Crippen LogP contribution is 2.28. The first-order chi connectivity index (χ1) is 8.16. The Balaban J connectivity index is 2.01. The molecule has 0 heterocycles. The average molecular weight is 242 g/mol. The highest BCUT2D eigenvalue weighted by atomic mass is 16.3. The highest BCUT2D eigenvalue weighted by molar-refractivity contribution is 5.73. The summed E-state index contributed by atoms with van der Waals surface area (Å²) < 4.78 is 0. The fourth-order valence-corrected chi connectivity index (χ4v) is 2.27. The third-order valence-corrected chi connectivity index (χ3v) is 3.43. The lowest BCUT2D eigenvalue weighted by atomic mass is 10.0. The van der Waals surface area contributed by atoms with E-state index in [0.29, 0.717) is 6.54 Å². The molecule has 0 bridgehead atoms. The predicted molar refractivity (Wildman–Crippen MR) is 69.0 cm³/mol. The second-order valence-electron chi connectivity index (χ2n) is 5.10. The molecule has 0 aromatic rings. The number of urea groups is 1. The van der Waals surface area contributed by atoms with E-state index in [-0.39, 0.29) is 6.03 Å². The third kappa shape index (κ3) is 5.91. The van der Waals surface area contributed by atoms with Gasteiger partial charge in [-0.2, -0.15) is 0 Å². The molecule has 1 fully saturated rings. The molecule has 0 atom stereocenters. The summed E-state index contributed by atoms with van der Waals surface area (Å²) in [5, 5.41) is 15.6. The first kappa shape index (κ1) is 14.3. The van der Waals surface area contributed by atoms with Crippen LogP contribution in [0.5, 0.6) is 0 Å². The summed E-state index contributed by atoms with van der Waals surface area (Å²) in [6.07, 6.45) is 8.38. The van der Waals surface area contributed by atoms with Crippen LogP contribution in [0.4, 0.5) is 4.79 Å². The van der Waals surface area contributed by atoms with Gasteiger partial charge in [0.2, 0.25) is 0 Å². The molecule has 17 heavy (non-hydrogen) atoms. The Kier molecular flexibility index (Phi) is 6.34. The number of aliphatic hydroxyl groups is 1. The summed E-state index contributed by atoms with van der Waals surface area (Å²) >= 11 is 0. The van der Waals surface area contributed by atoms with E-state index in [2.05, 4.69) is 17.6 Å². The van der Waals surface area contributed by atoms with Crippen molar-refractivity contribution in [2.24, 2.45) is 0 Å². The van der Waals surface area contributed by atoms with Gasteiger partial charge in [0, 0.05) is 13.1 Å². The van der Waals surface area contributed by atoms with Crippen LogP contribution in [0.15, 0.2) is 0 Å². The molecule has 0 spiro atoms. The number of amides is 2. The zero-order valence-electron chi connectivity index (χ0n) is 10.9. The number of hydrogen-bond acceptors (Lipinski definition) is 2. The molecule has 1 rings (SSSR count). The lowest BCUT2D eigenvalue weighted by Crippen LogP contribution is -2.45. The molecular formula is C13H26N2O2. The fourth-order valence-electron chi connectivity index (χ4n) is 2.27. The van der Waals surface area contributed by atoms with Crippen molar-refractivity contribution in [3.8, 4) is 0 Å². The molecule has 0 radical (unpaired) electrons. The van der Waals surface area contributed by atoms with Gasteiger partial charge in [-0.1, -0.05) is 39.0 Å². The van der Waals surface area contributed by atoms with Crippen molar-refractivity contribution in [2.75, 3.05) is 13.1 Å². The van der Waals surface area contributed by atoms with Crippen molar-refractivity contribution in [3.63, 3.8) is 0 Å². The lowest BCUT2D eigenvalue weighted by Gasteiger charge is -2.22. The Morgan fingerprint density at radius 2 is 1.88 bits per heavy atom. The summed E-state index contributed by atoms with van der Waals surface area (Å²) in [5.74, 6) is 0. The summed E-state index contributed by atoms with van der Waals surface area (Å²) in [4.78, 5) is 11.4. The van der Waals surface area contributed by atoms with E-state index in [1.54, 1.807) is 0 Å². The molecule has 0 aromatic carbocycles. The number of nitrogens with one attached hydrogen (secondary N) is 2. The standard InChI is InChI=1S/C13H26N2O2/c1-2-3-4-7-10-14-12(16)15-11-13(17)8-5-6-9-13/h17H,2-11H2,1H3,(H2,14,15,16). The van der Waals surface area contributed by atoms with E-state index < -0.39 is 5.60 Å². The second-order valence-corrected chi connectivity index (χ2v) is 5.10. The molecule has 1 aliphatic rings. The Bertz CT molecular complexity index is 225. The monoisotopic (exact) mass is 242 g/mol. The summed E-state index contributed by atoms with van der Waals surface area (Å²) in [6, 6.07) is -0.151. The van der Waals surface area contributed by atoms with Crippen molar-refractivity contribution < 1.29 is 9.90 Å². The van der Waals surface area contributed by atoms with Gasteiger partial charge < -0.3 is 15.7 Å². The van der Waals surface area contributed by atoms with Crippen molar-refractivity contribution in [1.29, 1.82) is 0 Å². The number of carbonyl (C=O) groups excluding carboxylic acids is 1. The zero-order chi connectivity index (χ0) is 12.6. The molecule has 100 valence electrons. The van der Waals surface area contributed by atoms with Crippen LogP contribution in [-0.4, -0.2) is 29.8 Å². The Hall–Kier alpha value is -0.770. The minimum Gasteiger partial charge on any atom is -0.388 e. The van der Waals surface area contributed by atoms with Crippen molar-refractivity contribution in [1.82, 2.24) is 10.6 Å². The minimum atomic E-state index is -0.653. The maximum absolute atomic E-state index is 11.4. The van der Waals surface area contributed by atoms with Crippen LogP contribution in [0.25, 0.3) is 0 Å². The maximum Gasteiger partial charge on any atom is 0.314 e. The molecule has 0 aliphatic heterocycles. The zero-order valence-corrected chi connectivity index (χ0v) is 10.9. The topological polar surface area (TPSA) is 61.4 Å². The SMILES string of the molecule is CCCCCCNC(=O)NCC1(O)CCCC1. The summed E-state index contributed by atoms with van der Waals surface area (Å²) in [6.45, 7) is 3.28. The first-order valence-electron chi connectivity index (χ1n) is 6.90. The molecular weight excluding hydrogens is 216 g/mol. The predicted octanol–water partition coefficient (Wildman–Crippen LogP) is 2.17. The smallest absolute Gasteiger partial charge is 0.314 e. The molecule has 0 saturated heterocycles. The molecule has 0 aromatic heterocycles. The van der Waals surface area contributed by atoms with Gasteiger partial charge in [0.1, 0.15) is 0 Å². The Labute approximate surface area is 104 Å².